The van der Waals surface area contributed by atoms with Gasteiger partial charge in [-0.3, -0.25) is 4.90 Å². The van der Waals surface area contributed by atoms with Crippen LogP contribution in [0.4, 0.5) is 5.95 Å². The number of aryl methyl sites for hydroxylation is 1. The Morgan fingerprint density at radius 2 is 2.00 bits per heavy atom. The van der Waals surface area contributed by atoms with Gasteiger partial charge >= 0.3 is 0 Å². The van der Waals surface area contributed by atoms with Gasteiger partial charge in [0.15, 0.2) is 0 Å². The Labute approximate surface area is 144 Å². The minimum absolute atomic E-state index is 0.150. The molecule has 0 bridgehead atoms. The Hall–Kier alpha value is -1.98. The lowest BCUT2D eigenvalue weighted by Crippen LogP contribution is -2.49. The van der Waals surface area contributed by atoms with Gasteiger partial charge in [0.1, 0.15) is 0 Å². The van der Waals surface area contributed by atoms with Crippen molar-refractivity contribution in [3.8, 4) is 0 Å². The van der Waals surface area contributed by atoms with Crippen LogP contribution < -0.4 is 5.32 Å². The maximum absolute atomic E-state index is 6.04. The third-order valence-electron chi connectivity index (χ3n) is 4.41. The maximum Gasteiger partial charge on any atom is 0.222 e. The summed E-state index contributed by atoms with van der Waals surface area (Å²) in [5.41, 5.74) is 2.41. The van der Waals surface area contributed by atoms with E-state index in [1.807, 2.05) is 19.3 Å². The molecule has 3 rings (SSSR count). The van der Waals surface area contributed by atoms with E-state index in [-0.39, 0.29) is 12.1 Å². The zero-order valence-electron chi connectivity index (χ0n) is 14.5. The Morgan fingerprint density at radius 1 is 1.25 bits per heavy atom. The molecule has 128 valence electrons. The smallest absolute Gasteiger partial charge is 0.222 e. The van der Waals surface area contributed by atoms with Crippen molar-refractivity contribution in [1.29, 1.82) is 0 Å². The minimum atomic E-state index is 0.150. The van der Waals surface area contributed by atoms with Gasteiger partial charge in [-0.05, 0) is 24.5 Å². The van der Waals surface area contributed by atoms with Gasteiger partial charge in [0.05, 0.1) is 18.8 Å². The highest BCUT2D eigenvalue weighted by Gasteiger charge is 2.27. The summed E-state index contributed by atoms with van der Waals surface area (Å²) in [5, 5.41) is 3.44. The van der Waals surface area contributed by atoms with E-state index >= 15 is 0 Å². The number of anilines is 1. The van der Waals surface area contributed by atoms with Gasteiger partial charge in [-0.25, -0.2) is 9.97 Å². The molecule has 1 saturated heterocycles. The molecule has 1 aliphatic heterocycles. The molecule has 2 heterocycles. The van der Waals surface area contributed by atoms with Crippen molar-refractivity contribution < 1.29 is 4.74 Å². The Kier molecular flexibility index (Phi) is 5.77. The van der Waals surface area contributed by atoms with Crippen LogP contribution in [0.3, 0.4) is 0 Å². The number of nitrogens with zero attached hydrogens (tertiary/aromatic N) is 3. The van der Waals surface area contributed by atoms with Gasteiger partial charge in [-0.1, -0.05) is 37.3 Å². The lowest BCUT2D eigenvalue weighted by Gasteiger charge is -2.37. The van der Waals surface area contributed by atoms with Crippen LogP contribution in [0.5, 0.6) is 0 Å². The lowest BCUT2D eigenvalue weighted by molar-refractivity contribution is -0.0403. The molecule has 1 aliphatic rings. The average Bonchev–Trinajstić information content (AvgIpc) is 2.62. The van der Waals surface area contributed by atoms with Crippen molar-refractivity contribution in [3.05, 3.63) is 53.9 Å². The molecule has 5 nitrogen and oxygen atoms in total. The highest BCUT2D eigenvalue weighted by Crippen LogP contribution is 2.16. The molecule has 1 aromatic heterocycles. The third-order valence-corrected chi connectivity index (χ3v) is 4.41. The van der Waals surface area contributed by atoms with E-state index in [4.69, 9.17) is 4.74 Å². The van der Waals surface area contributed by atoms with Gasteiger partial charge in [-0.2, -0.15) is 0 Å². The van der Waals surface area contributed by atoms with E-state index < -0.39 is 0 Å². The Balaban J connectivity index is 1.60. The summed E-state index contributed by atoms with van der Waals surface area (Å²) in [6.45, 7) is 7.80. The molecule has 0 aliphatic carbocycles. The fourth-order valence-corrected chi connectivity index (χ4v) is 3.05. The van der Waals surface area contributed by atoms with Crippen molar-refractivity contribution in [1.82, 2.24) is 14.9 Å². The van der Waals surface area contributed by atoms with Crippen LogP contribution >= 0.6 is 0 Å². The molecular weight excluding hydrogens is 300 g/mol. The fourth-order valence-electron chi connectivity index (χ4n) is 3.05. The quantitative estimate of drug-likeness (QED) is 0.884. The molecule has 0 spiro atoms. The predicted molar refractivity (Wildman–Crippen MR) is 95.9 cm³/mol. The van der Waals surface area contributed by atoms with E-state index in [0.717, 1.165) is 38.2 Å². The second-order valence-corrected chi connectivity index (χ2v) is 6.37. The third kappa shape index (κ3) is 4.52. The van der Waals surface area contributed by atoms with Crippen molar-refractivity contribution in [3.63, 3.8) is 0 Å². The summed E-state index contributed by atoms with van der Waals surface area (Å²) in [5.74, 6) is 0.677. The number of aromatic nitrogens is 2. The normalized spacial score (nSPS) is 19.8. The Bertz CT molecular complexity index is 617. The van der Waals surface area contributed by atoms with Gasteiger partial charge in [0.25, 0.3) is 0 Å². The zero-order valence-corrected chi connectivity index (χ0v) is 14.5. The molecule has 0 radical (unpaired) electrons. The predicted octanol–water partition coefficient (Wildman–Crippen LogP) is 2.88. The fraction of sp³-hybridized carbons (Fsp3) is 0.474. The SMILES string of the molecule is CCC(Nc1ncc(C)cn1)C1CN(Cc2ccccc2)CCO1. The van der Waals surface area contributed by atoms with E-state index in [1.165, 1.54) is 5.56 Å². The monoisotopic (exact) mass is 326 g/mol. The number of rotatable bonds is 6. The first-order valence-corrected chi connectivity index (χ1v) is 8.67. The maximum atomic E-state index is 6.04. The van der Waals surface area contributed by atoms with E-state index in [1.54, 1.807) is 0 Å². The Morgan fingerprint density at radius 3 is 2.71 bits per heavy atom. The molecule has 1 fully saturated rings. The van der Waals surface area contributed by atoms with Gasteiger partial charge in [-0.15, -0.1) is 0 Å². The van der Waals surface area contributed by atoms with Crippen molar-refractivity contribution in [2.24, 2.45) is 0 Å². The topological polar surface area (TPSA) is 50.3 Å². The molecule has 5 heteroatoms. The standard InChI is InChI=1S/C19H26N4O/c1-3-17(22-19-20-11-15(2)12-21-19)18-14-23(9-10-24-18)13-16-7-5-4-6-8-16/h4-8,11-12,17-18H,3,9-10,13-14H2,1-2H3,(H,20,21,22). The van der Waals surface area contributed by atoms with E-state index in [0.29, 0.717) is 5.95 Å². The molecule has 0 amide bonds. The minimum Gasteiger partial charge on any atom is -0.373 e. The highest BCUT2D eigenvalue weighted by atomic mass is 16.5. The zero-order chi connectivity index (χ0) is 16.8. The van der Waals surface area contributed by atoms with Crippen LogP contribution in [0.1, 0.15) is 24.5 Å². The second-order valence-electron chi connectivity index (χ2n) is 6.37. The summed E-state index contributed by atoms with van der Waals surface area (Å²) >= 11 is 0. The second kappa shape index (κ2) is 8.22. The van der Waals surface area contributed by atoms with Crippen LogP contribution in [0.2, 0.25) is 0 Å². The summed E-state index contributed by atoms with van der Waals surface area (Å²) in [6, 6.07) is 10.8. The molecule has 1 aromatic carbocycles. The molecule has 2 atom stereocenters. The first-order valence-electron chi connectivity index (χ1n) is 8.67. The lowest BCUT2D eigenvalue weighted by atomic mass is 10.1. The summed E-state index contributed by atoms with van der Waals surface area (Å²) in [7, 11) is 0. The van der Waals surface area contributed by atoms with E-state index in [2.05, 4.69) is 57.4 Å². The van der Waals surface area contributed by atoms with Crippen LogP contribution in [0.25, 0.3) is 0 Å². The van der Waals surface area contributed by atoms with Crippen molar-refractivity contribution in [2.75, 3.05) is 25.0 Å². The molecule has 0 saturated carbocycles. The number of hydrogen-bond donors (Lipinski definition) is 1. The number of hydrogen-bond acceptors (Lipinski definition) is 5. The summed E-state index contributed by atoms with van der Waals surface area (Å²) in [4.78, 5) is 11.2. The van der Waals surface area contributed by atoms with Crippen LogP contribution in [-0.4, -0.2) is 46.7 Å². The first kappa shape index (κ1) is 16.9. The molecule has 1 N–H and O–H groups in total. The number of morpholine rings is 1. The first-order chi connectivity index (χ1) is 11.7. The summed E-state index contributed by atoms with van der Waals surface area (Å²) in [6.07, 6.45) is 4.80. The van der Waals surface area contributed by atoms with Crippen LogP contribution in [-0.2, 0) is 11.3 Å². The summed E-state index contributed by atoms with van der Waals surface area (Å²) < 4.78 is 6.04. The van der Waals surface area contributed by atoms with Crippen LogP contribution in [0, 0.1) is 6.92 Å². The number of nitrogens with one attached hydrogen (secondary N) is 1. The van der Waals surface area contributed by atoms with Crippen molar-refractivity contribution in [2.45, 2.75) is 39.0 Å². The van der Waals surface area contributed by atoms with Gasteiger partial charge in [0.2, 0.25) is 5.95 Å². The van der Waals surface area contributed by atoms with E-state index in [9.17, 15) is 0 Å². The molecule has 2 aromatic rings. The molecular formula is C19H26N4O. The van der Waals surface area contributed by atoms with Crippen LogP contribution in [0.15, 0.2) is 42.7 Å². The van der Waals surface area contributed by atoms with Gasteiger partial charge < -0.3 is 10.1 Å². The highest BCUT2D eigenvalue weighted by molar-refractivity contribution is 5.26. The van der Waals surface area contributed by atoms with Crippen molar-refractivity contribution >= 4 is 5.95 Å². The number of benzene rings is 1. The van der Waals surface area contributed by atoms with Gasteiger partial charge in [0, 0.05) is 32.0 Å². The molecule has 2 unspecified atom stereocenters. The largest absolute Gasteiger partial charge is 0.373 e. The molecule has 24 heavy (non-hydrogen) atoms. The number of ether oxygens (including phenoxy) is 1. The average molecular weight is 326 g/mol.